The Bertz CT molecular complexity index is 501. The normalized spacial score (nSPS) is 28.6. The van der Waals surface area contributed by atoms with Crippen LogP contribution in [-0.4, -0.2) is 58.4 Å². The molecule has 3 rings (SSSR count). The van der Waals surface area contributed by atoms with Gasteiger partial charge in [-0.1, -0.05) is 12.8 Å². The third-order valence-corrected chi connectivity index (χ3v) is 5.87. The zero-order chi connectivity index (χ0) is 17.1. The van der Waals surface area contributed by atoms with E-state index in [9.17, 15) is 14.4 Å². The Morgan fingerprint density at radius 3 is 2.54 bits per heavy atom. The molecule has 2 heterocycles. The number of amides is 2. The molecule has 24 heavy (non-hydrogen) atoms. The smallest absolute Gasteiger partial charge is 0.303 e. The van der Waals surface area contributed by atoms with Crippen molar-refractivity contribution in [3.05, 3.63) is 0 Å². The molecule has 2 atom stereocenters. The molecule has 1 aliphatic carbocycles. The molecule has 0 unspecified atom stereocenters. The first-order chi connectivity index (χ1) is 11.5. The molecule has 2 saturated heterocycles. The van der Waals surface area contributed by atoms with Crippen LogP contribution in [0, 0.1) is 11.8 Å². The molecule has 134 valence electrons. The van der Waals surface area contributed by atoms with Gasteiger partial charge < -0.3 is 14.9 Å². The number of rotatable bonds is 5. The van der Waals surface area contributed by atoms with Gasteiger partial charge in [0.25, 0.3) is 0 Å². The minimum atomic E-state index is -0.771. The second-order valence-corrected chi connectivity index (χ2v) is 7.61. The molecule has 2 aliphatic heterocycles. The molecule has 3 aliphatic rings. The van der Waals surface area contributed by atoms with Crippen LogP contribution >= 0.6 is 0 Å². The third kappa shape index (κ3) is 3.90. The van der Waals surface area contributed by atoms with Gasteiger partial charge in [-0.15, -0.1) is 0 Å². The lowest BCUT2D eigenvalue weighted by Gasteiger charge is -2.34. The van der Waals surface area contributed by atoms with Gasteiger partial charge in [-0.3, -0.25) is 14.4 Å². The summed E-state index contributed by atoms with van der Waals surface area (Å²) in [4.78, 5) is 39.7. The van der Waals surface area contributed by atoms with Gasteiger partial charge in [-0.25, -0.2) is 0 Å². The van der Waals surface area contributed by atoms with Gasteiger partial charge in [-0.2, -0.15) is 0 Å². The van der Waals surface area contributed by atoms with E-state index in [1.807, 2.05) is 9.80 Å². The molecular formula is C18H28N2O4. The number of hydrogen-bond acceptors (Lipinski definition) is 3. The first-order valence-electron chi connectivity index (χ1n) is 9.34. The van der Waals surface area contributed by atoms with Crippen LogP contribution in [0.1, 0.15) is 57.8 Å². The predicted octanol–water partition coefficient (Wildman–Crippen LogP) is 1.88. The number of aliphatic carboxylic acids is 1. The number of carbonyl (C=O) groups is 3. The number of carbonyl (C=O) groups excluding carboxylic acids is 2. The molecule has 0 aromatic heterocycles. The number of carboxylic acids is 1. The molecule has 0 bridgehead atoms. The first-order valence-corrected chi connectivity index (χ1v) is 9.34. The molecule has 3 fully saturated rings. The maximum Gasteiger partial charge on any atom is 0.303 e. The Hall–Kier alpha value is -1.59. The van der Waals surface area contributed by atoms with E-state index in [1.165, 1.54) is 12.8 Å². The van der Waals surface area contributed by atoms with Crippen LogP contribution in [0.2, 0.25) is 0 Å². The van der Waals surface area contributed by atoms with Crippen LogP contribution in [0.5, 0.6) is 0 Å². The molecule has 6 nitrogen and oxygen atoms in total. The van der Waals surface area contributed by atoms with Crippen molar-refractivity contribution < 1.29 is 19.5 Å². The zero-order valence-electron chi connectivity index (χ0n) is 14.3. The Balaban J connectivity index is 1.54. The number of piperidine rings is 1. The SMILES string of the molecule is O=C(O)CC[C@H]1CCCN(C(=O)[C@@H]2CC(=O)N(C3CCCC3)C2)C1. The summed E-state index contributed by atoms with van der Waals surface area (Å²) >= 11 is 0. The average Bonchev–Trinajstić information content (AvgIpc) is 3.21. The molecule has 0 aromatic carbocycles. The highest BCUT2D eigenvalue weighted by atomic mass is 16.4. The van der Waals surface area contributed by atoms with Crippen molar-refractivity contribution in [2.45, 2.75) is 63.8 Å². The fourth-order valence-corrected chi connectivity index (χ4v) is 4.55. The summed E-state index contributed by atoms with van der Waals surface area (Å²) in [6.45, 7) is 1.98. The third-order valence-electron chi connectivity index (χ3n) is 5.87. The van der Waals surface area contributed by atoms with E-state index >= 15 is 0 Å². The van der Waals surface area contributed by atoms with Gasteiger partial charge in [0.1, 0.15) is 0 Å². The van der Waals surface area contributed by atoms with Gasteiger partial charge in [0.15, 0.2) is 0 Å². The van der Waals surface area contributed by atoms with Crippen molar-refractivity contribution in [1.82, 2.24) is 9.80 Å². The van der Waals surface area contributed by atoms with Gasteiger partial charge in [-0.05, 0) is 38.0 Å². The highest BCUT2D eigenvalue weighted by molar-refractivity contribution is 5.89. The molecular weight excluding hydrogens is 308 g/mol. The van der Waals surface area contributed by atoms with Crippen molar-refractivity contribution in [3.8, 4) is 0 Å². The molecule has 6 heteroatoms. The topological polar surface area (TPSA) is 77.9 Å². The summed E-state index contributed by atoms with van der Waals surface area (Å²) in [6, 6.07) is 0.347. The summed E-state index contributed by atoms with van der Waals surface area (Å²) < 4.78 is 0. The zero-order valence-corrected chi connectivity index (χ0v) is 14.3. The quantitative estimate of drug-likeness (QED) is 0.831. The van der Waals surface area contributed by atoms with E-state index < -0.39 is 5.97 Å². The summed E-state index contributed by atoms with van der Waals surface area (Å²) in [7, 11) is 0. The highest BCUT2D eigenvalue weighted by Crippen LogP contribution is 2.31. The van der Waals surface area contributed by atoms with Crippen LogP contribution in [0.25, 0.3) is 0 Å². The Morgan fingerprint density at radius 2 is 1.83 bits per heavy atom. The van der Waals surface area contributed by atoms with Gasteiger partial charge in [0.05, 0.1) is 5.92 Å². The predicted molar refractivity (Wildman–Crippen MR) is 88.2 cm³/mol. The van der Waals surface area contributed by atoms with Gasteiger partial charge >= 0.3 is 5.97 Å². The number of carboxylic acid groups (broad SMARTS) is 1. The van der Waals surface area contributed by atoms with Gasteiger partial charge in [0, 0.05) is 38.5 Å². The molecule has 0 aromatic rings. The number of hydrogen-bond donors (Lipinski definition) is 1. The molecule has 1 saturated carbocycles. The first kappa shape index (κ1) is 17.2. The monoisotopic (exact) mass is 336 g/mol. The van der Waals surface area contributed by atoms with E-state index in [0.717, 1.165) is 32.2 Å². The largest absolute Gasteiger partial charge is 0.481 e. The van der Waals surface area contributed by atoms with Crippen LogP contribution in [-0.2, 0) is 14.4 Å². The van der Waals surface area contributed by atoms with E-state index in [1.54, 1.807) is 0 Å². The second-order valence-electron chi connectivity index (χ2n) is 7.61. The average molecular weight is 336 g/mol. The molecule has 0 spiro atoms. The standard InChI is InChI=1S/C18H28N2O4/c21-16-10-14(12-20(16)15-5-1-2-6-15)18(24)19-9-3-4-13(11-19)7-8-17(22)23/h13-15H,1-12H2,(H,22,23)/t13-,14-/m1/s1. The summed E-state index contributed by atoms with van der Waals surface area (Å²) in [6.07, 6.45) is 7.61. The molecule has 2 amide bonds. The van der Waals surface area contributed by atoms with Crippen molar-refractivity contribution in [1.29, 1.82) is 0 Å². The lowest BCUT2D eigenvalue weighted by atomic mass is 9.92. The maximum absolute atomic E-state index is 12.8. The molecule has 0 radical (unpaired) electrons. The fourth-order valence-electron chi connectivity index (χ4n) is 4.55. The van der Waals surface area contributed by atoms with Crippen molar-refractivity contribution >= 4 is 17.8 Å². The van der Waals surface area contributed by atoms with Crippen molar-refractivity contribution in [2.24, 2.45) is 11.8 Å². The molecule has 1 N–H and O–H groups in total. The minimum absolute atomic E-state index is 0.101. The maximum atomic E-state index is 12.8. The van der Waals surface area contributed by atoms with E-state index in [4.69, 9.17) is 5.11 Å². The van der Waals surface area contributed by atoms with Crippen LogP contribution in [0.3, 0.4) is 0 Å². The fraction of sp³-hybridized carbons (Fsp3) is 0.833. The lowest BCUT2D eigenvalue weighted by molar-refractivity contribution is -0.138. The minimum Gasteiger partial charge on any atom is -0.481 e. The van der Waals surface area contributed by atoms with Crippen molar-refractivity contribution in [3.63, 3.8) is 0 Å². The van der Waals surface area contributed by atoms with Gasteiger partial charge in [0.2, 0.25) is 11.8 Å². The van der Waals surface area contributed by atoms with Crippen LogP contribution < -0.4 is 0 Å². The van der Waals surface area contributed by atoms with E-state index in [-0.39, 0.29) is 30.1 Å². The van der Waals surface area contributed by atoms with E-state index in [2.05, 4.69) is 0 Å². The van der Waals surface area contributed by atoms with Crippen molar-refractivity contribution in [2.75, 3.05) is 19.6 Å². The Kier molecular flexibility index (Phi) is 5.41. The van der Waals surface area contributed by atoms with E-state index in [0.29, 0.717) is 32.0 Å². The summed E-state index contributed by atoms with van der Waals surface area (Å²) in [5.74, 6) is -0.450. The summed E-state index contributed by atoms with van der Waals surface area (Å²) in [5.41, 5.74) is 0. The number of likely N-dealkylation sites (tertiary alicyclic amines) is 2. The lowest BCUT2D eigenvalue weighted by Crippen LogP contribution is -2.44. The Labute approximate surface area is 143 Å². The summed E-state index contributed by atoms with van der Waals surface area (Å²) in [5, 5.41) is 8.83. The second kappa shape index (κ2) is 7.53. The number of nitrogens with zero attached hydrogens (tertiary/aromatic N) is 2. The highest BCUT2D eigenvalue weighted by Gasteiger charge is 2.40. The van der Waals surface area contributed by atoms with Crippen LogP contribution in [0.4, 0.5) is 0 Å². The van der Waals surface area contributed by atoms with Crippen LogP contribution in [0.15, 0.2) is 0 Å². The Morgan fingerprint density at radius 1 is 1.08 bits per heavy atom.